The lowest BCUT2D eigenvalue weighted by Crippen LogP contribution is -2.34. The maximum absolute atomic E-state index is 11.3. The minimum Gasteiger partial charge on any atom is -0.298 e. The highest BCUT2D eigenvalue weighted by Gasteiger charge is 2.17. The first-order valence-electron chi connectivity index (χ1n) is 5.59. The molecule has 2 heterocycles. The molecule has 1 aliphatic heterocycles. The molecule has 1 aromatic rings. The van der Waals surface area contributed by atoms with Gasteiger partial charge < -0.3 is 0 Å². The van der Waals surface area contributed by atoms with Crippen molar-refractivity contribution in [2.24, 2.45) is 0 Å². The summed E-state index contributed by atoms with van der Waals surface area (Å²) in [7, 11) is 0. The minimum absolute atomic E-state index is 0.397. The number of hydrogen-bond acceptors (Lipinski definition) is 3. The molecule has 0 aliphatic carbocycles. The van der Waals surface area contributed by atoms with E-state index in [1.54, 1.807) is 0 Å². The van der Waals surface area contributed by atoms with Crippen molar-refractivity contribution in [2.75, 3.05) is 13.1 Å². The smallest absolute Gasteiger partial charge is 0.146 e. The van der Waals surface area contributed by atoms with Gasteiger partial charge in [0, 0.05) is 22.7 Å². The molecule has 0 radical (unpaired) electrons. The lowest BCUT2D eigenvalue weighted by atomic mass is 10.1. The number of ketones is 1. The van der Waals surface area contributed by atoms with Crippen LogP contribution in [-0.4, -0.2) is 23.8 Å². The highest BCUT2D eigenvalue weighted by atomic mass is 32.1. The van der Waals surface area contributed by atoms with Crippen LogP contribution in [0.1, 0.15) is 29.5 Å². The summed E-state index contributed by atoms with van der Waals surface area (Å²) in [6.45, 7) is 4.86. The fraction of sp³-hybridized carbons (Fsp3) is 0.583. The first-order valence-corrected chi connectivity index (χ1v) is 6.41. The van der Waals surface area contributed by atoms with Crippen molar-refractivity contribution in [1.82, 2.24) is 4.90 Å². The molecule has 0 bridgehead atoms. The summed E-state index contributed by atoms with van der Waals surface area (Å²) in [6.07, 6.45) is 2.93. The van der Waals surface area contributed by atoms with E-state index in [0.717, 1.165) is 32.4 Å². The highest BCUT2D eigenvalue weighted by molar-refractivity contribution is 7.11. The molecule has 82 valence electrons. The number of carbonyl (C=O) groups excluding carboxylic acids is 1. The molecule has 1 aromatic heterocycles. The van der Waals surface area contributed by atoms with Gasteiger partial charge in [-0.05, 0) is 31.5 Å². The fourth-order valence-corrected chi connectivity index (χ4v) is 2.96. The number of rotatable bonds is 3. The third-order valence-corrected chi connectivity index (χ3v) is 3.99. The largest absolute Gasteiger partial charge is 0.298 e. The molecular formula is C12H17NOS. The molecule has 1 saturated heterocycles. The van der Waals surface area contributed by atoms with E-state index in [9.17, 15) is 4.79 Å². The second-order valence-electron chi connectivity index (χ2n) is 4.07. The molecule has 2 nitrogen and oxygen atoms in total. The van der Waals surface area contributed by atoms with Crippen molar-refractivity contribution in [3.8, 4) is 0 Å². The van der Waals surface area contributed by atoms with Crippen LogP contribution in [0, 0.1) is 0 Å². The van der Waals surface area contributed by atoms with Gasteiger partial charge in [0.2, 0.25) is 0 Å². The molecule has 0 unspecified atom stereocenters. The van der Waals surface area contributed by atoms with E-state index in [-0.39, 0.29) is 0 Å². The van der Waals surface area contributed by atoms with Gasteiger partial charge in [0.25, 0.3) is 0 Å². The van der Waals surface area contributed by atoms with E-state index >= 15 is 0 Å². The van der Waals surface area contributed by atoms with Gasteiger partial charge in [-0.2, -0.15) is 0 Å². The van der Waals surface area contributed by atoms with Gasteiger partial charge in [0.1, 0.15) is 5.78 Å². The normalized spacial score (nSPS) is 18.3. The predicted octanol–water partition coefficient (Wildman–Crippen LogP) is 2.48. The summed E-state index contributed by atoms with van der Waals surface area (Å²) < 4.78 is 0. The average molecular weight is 223 g/mol. The topological polar surface area (TPSA) is 20.3 Å². The molecular weight excluding hydrogens is 206 g/mol. The van der Waals surface area contributed by atoms with Gasteiger partial charge in [0.05, 0.1) is 6.54 Å². The quantitative estimate of drug-likeness (QED) is 0.784. The number of nitrogens with zero attached hydrogens (tertiary/aromatic N) is 1. The van der Waals surface area contributed by atoms with Gasteiger partial charge in [-0.3, -0.25) is 9.69 Å². The summed E-state index contributed by atoms with van der Waals surface area (Å²) in [4.78, 5) is 16.4. The molecule has 0 amide bonds. The Bertz CT molecular complexity index is 345. The van der Waals surface area contributed by atoms with Crippen molar-refractivity contribution in [3.63, 3.8) is 0 Å². The Morgan fingerprint density at radius 2 is 2.20 bits per heavy atom. The zero-order chi connectivity index (χ0) is 10.7. The van der Waals surface area contributed by atoms with Gasteiger partial charge in [-0.15, -0.1) is 11.3 Å². The first kappa shape index (κ1) is 10.8. The van der Waals surface area contributed by atoms with Crippen LogP contribution in [0.15, 0.2) is 12.1 Å². The Morgan fingerprint density at radius 1 is 1.40 bits per heavy atom. The van der Waals surface area contributed by atoms with Crippen LogP contribution >= 0.6 is 11.3 Å². The van der Waals surface area contributed by atoms with E-state index in [1.165, 1.54) is 9.75 Å². The molecule has 2 rings (SSSR count). The molecule has 15 heavy (non-hydrogen) atoms. The number of Topliss-reactive ketones (excluding diaryl/α,β-unsaturated/α-hetero) is 1. The Morgan fingerprint density at radius 3 is 2.87 bits per heavy atom. The van der Waals surface area contributed by atoms with Crippen LogP contribution in [0.3, 0.4) is 0 Å². The van der Waals surface area contributed by atoms with Gasteiger partial charge in [0.15, 0.2) is 0 Å². The number of piperidine rings is 1. The van der Waals surface area contributed by atoms with Crippen LogP contribution in [-0.2, 0) is 17.8 Å². The monoisotopic (exact) mass is 223 g/mol. The Kier molecular flexibility index (Phi) is 3.54. The van der Waals surface area contributed by atoms with E-state index < -0.39 is 0 Å². The molecule has 1 aliphatic rings. The van der Waals surface area contributed by atoms with Crippen molar-refractivity contribution < 1.29 is 4.79 Å². The number of carbonyl (C=O) groups is 1. The third kappa shape index (κ3) is 2.89. The van der Waals surface area contributed by atoms with E-state index in [4.69, 9.17) is 0 Å². The molecule has 0 spiro atoms. The lowest BCUT2D eigenvalue weighted by molar-refractivity contribution is -0.122. The highest BCUT2D eigenvalue weighted by Crippen LogP contribution is 2.20. The zero-order valence-corrected chi connectivity index (χ0v) is 9.98. The van der Waals surface area contributed by atoms with Gasteiger partial charge in [-0.1, -0.05) is 6.92 Å². The van der Waals surface area contributed by atoms with E-state index in [2.05, 4.69) is 24.0 Å². The number of thiophene rings is 1. The maximum Gasteiger partial charge on any atom is 0.146 e. The third-order valence-electron chi connectivity index (χ3n) is 2.78. The predicted molar refractivity (Wildman–Crippen MR) is 63.2 cm³/mol. The molecule has 1 fully saturated rings. The van der Waals surface area contributed by atoms with Gasteiger partial charge in [-0.25, -0.2) is 0 Å². The summed E-state index contributed by atoms with van der Waals surface area (Å²) in [5.41, 5.74) is 0. The fourth-order valence-electron chi connectivity index (χ4n) is 1.96. The van der Waals surface area contributed by atoms with Crippen LogP contribution in [0.2, 0.25) is 0 Å². The van der Waals surface area contributed by atoms with E-state index in [0.29, 0.717) is 12.3 Å². The second-order valence-corrected chi connectivity index (χ2v) is 5.33. The molecule has 0 atom stereocenters. The molecule has 0 saturated carbocycles. The number of likely N-dealkylation sites (tertiary alicyclic amines) is 1. The average Bonchev–Trinajstić information content (AvgIpc) is 2.65. The summed E-state index contributed by atoms with van der Waals surface area (Å²) in [5.74, 6) is 0.397. The summed E-state index contributed by atoms with van der Waals surface area (Å²) in [6, 6.07) is 4.40. The SMILES string of the molecule is CCc1ccc(CN2CCCC(=O)C2)s1. The Balaban J connectivity index is 1.93. The molecule has 3 heteroatoms. The Labute approximate surface area is 94.9 Å². The lowest BCUT2D eigenvalue weighted by Gasteiger charge is -2.24. The first-order chi connectivity index (χ1) is 7.28. The summed E-state index contributed by atoms with van der Waals surface area (Å²) in [5, 5.41) is 0. The number of aryl methyl sites for hydroxylation is 1. The summed E-state index contributed by atoms with van der Waals surface area (Å²) >= 11 is 1.87. The van der Waals surface area contributed by atoms with Crippen molar-refractivity contribution >= 4 is 17.1 Å². The van der Waals surface area contributed by atoms with Crippen molar-refractivity contribution in [1.29, 1.82) is 0 Å². The van der Waals surface area contributed by atoms with E-state index in [1.807, 2.05) is 11.3 Å². The van der Waals surface area contributed by atoms with Crippen LogP contribution in [0.25, 0.3) is 0 Å². The van der Waals surface area contributed by atoms with Crippen LogP contribution < -0.4 is 0 Å². The van der Waals surface area contributed by atoms with Gasteiger partial charge >= 0.3 is 0 Å². The standard InChI is InChI=1S/C12H17NOS/c1-2-11-5-6-12(15-11)9-13-7-3-4-10(14)8-13/h5-6H,2-4,7-9H2,1H3. The van der Waals surface area contributed by atoms with Crippen LogP contribution in [0.5, 0.6) is 0 Å². The van der Waals surface area contributed by atoms with Crippen molar-refractivity contribution in [3.05, 3.63) is 21.9 Å². The molecule has 0 aromatic carbocycles. The second kappa shape index (κ2) is 4.90. The van der Waals surface area contributed by atoms with Crippen LogP contribution in [0.4, 0.5) is 0 Å². The number of hydrogen-bond donors (Lipinski definition) is 0. The minimum atomic E-state index is 0.397. The zero-order valence-electron chi connectivity index (χ0n) is 9.16. The van der Waals surface area contributed by atoms with Crippen molar-refractivity contribution in [2.45, 2.75) is 32.7 Å². The molecule has 0 N–H and O–H groups in total. The maximum atomic E-state index is 11.3. The Hall–Kier alpha value is -0.670.